The second-order valence-electron chi connectivity index (χ2n) is 7.76. The molecule has 2 aliphatic heterocycles. The average molecular weight is 530 g/mol. The molecule has 0 aliphatic carbocycles. The predicted molar refractivity (Wildman–Crippen MR) is 129 cm³/mol. The zero-order valence-corrected chi connectivity index (χ0v) is 20.5. The van der Waals surface area contributed by atoms with Crippen LogP contribution in [0.4, 0.5) is 0 Å². The maximum absolute atomic E-state index is 12.5. The highest BCUT2D eigenvalue weighted by molar-refractivity contribution is 14.0. The van der Waals surface area contributed by atoms with Crippen molar-refractivity contribution in [2.75, 3.05) is 53.6 Å². The molecule has 1 aromatic rings. The van der Waals surface area contributed by atoms with Crippen LogP contribution in [0.15, 0.2) is 29.3 Å². The van der Waals surface area contributed by atoms with E-state index >= 15 is 0 Å². The number of hydrogen-bond acceptors (Lipinski definition) is 4. The summed E-state index contributed by atoms with van der Waals surface area (Å²) < 4.78 is 10.7. The first-order valence-corrected chi connectivity index (χ1v) is 10.6. The molecule has 2 aliphatic rings. The molecule has 30 heavy (non-hydrogen) atoms. The average Bonchev–Trinajstić information content (AvgIpc) is 3.38. The van der Waals surface area contributed by atoms with Gasteiger partial charge in [0.2, 0.25) is 5.91 Å². The number of hydrogen-bond donors (Lipinski definition) is 1. The Labute approximate surface area is 197 Å². The topological polar surface area (TPSA) is 66.4 Å². The molecule has 168 valence electrons. The molecule has 0 radical (unpaired) electrons. The molecule has 1 aromatic carbocycles. The smallest absolute Gasteiger partial charge is 0.223 e. The number of benzene rings is 1. The van der Waals surface area contributed by atoms with E-state index in [0.717, 1.165) is 58.1 Å². The molecule has 3 rings (SSSR count). The van der Waals surface area contributed by atoms with E-state index < -0.39 is 0 Å². The molecular weight excluding hydrogens is 495 g/mol. The second kappa shape index (κ2) is 13.1. The molecule has 0 saturated carbocycles. The van der Waals surface area contributed by atoms with E-state index in [1.165, 1.54) is 11.1 Å². The lowest BCUT2D eigenvalue weighted by atomic mass is 10.1. The normalized spacial score (nSPS) is 18.3. The Morgan fingerprint density at radius 1 is 1.20 bits per heavy atom. The third-order valence-corrected chi connectivity index (χ3v) is 5.63. The molecule has 7 nitrogen and oxygen atoms in total. The van der Waals surface area contributed by atoms with E-state index in [9.17, 15) is 4.79 Å². The summed E-state index contributed by atoms with van der Waals surface area (Å²) in [5.74, 6) is 1.68. The first-order chi connectivity index (χ1) is 14.2. The van der Waals surface area contributed by atoms with Crippen molar-refractivity contribution < 1.29 is 14.3 Å². The van der Waals surface area contributed by atoms with Crippen molar-refractivity contribution in [1.29, 1.82) is 0 Å². The minimum absolute atomic E-state index is 0. The van der Waals surface area contributed by atoms with Crippen molar-refractivity contribution >= 4 is 35.8 Å². The van der Waals surface area contributed by atoms with Gasteiger partial charge in [-0.3, -0.25) is 9.79 Å². The summed E-state index contributed by atoms with van der Waals surface area (Å²) >= 11 is 0. The molecule has 1 amide bonds. The predicted octanol–water partition coefficient (Wildman–Crippen LogP) is 2.49. The number of carbonyl (C=O) groups excluding carboxylic acids is 1. The maximum atomic E-state index is 12.5. The highest BCUT2D eigenvalue weighted by Crippen LogP contribution is 2.23. The summed E-state index contributed by atoms with van der Waals surface area (Å²) in [7, 11) is 3.51. The molecule has 0 bridgehead atoms. The number of fused-ring (bicyclic) bond motifs is 1. The van der Waals surface area contributed by atoms with Crippen molar-refractivity contribution in [2.24, 2.45) is 10.9 Å². The Hall–Kier alpha value is -1.39. The second-order valence-corrected chi connectivity index (χ2v) is 7.76. The van der Waals surface area contributed by atoms with Gasteiger partial charge in [-0.1, -0.05) is 24.3 Å². The standard InChI is InChI=1S/C22H34N4O3.HI/c1-23-22(25-11-9-18(14-25)17-29-13-12-28-2)24-10-5-8-21(27)26-15-19-6-3-4-7-20(19)16-26;/h3-4,6-7,18H,5,8-17H2,1-2H3,(H,23,24);1H. The van der Waals surface area contributed by atoms with E-state index in [1.807, 2.05) is 24.1 Å². The molecule has 2 heterocycles. The number of likely N-dealkylation sites (tertiary alicyclic amines) is 1. The van der Waals surface area contributed by atoms with E-state index in [4.69, 9.17) is 9.47 Å². The summed E-state index contributed by atoms with van der Waals surface area (Å²) in [5.41, 5.74) is 2.54. The number of nitrogens with zero attached hydrogens (tertiary/aromatic N) is 3. The number of guanidine groups is 1. The van der Waals surface area contributed by atoms with Crippen molar-refractivity contribution in [3.05, 3.63) is 35.4 Å². The molecule has 0 aromatic heterocycles. The summed E-state index contributed by atoms with van der Waals surface area (Å²) in [6, 6.07) is 8.30. The van der Waals surface area contributed by atoms with Gasteiger partial charge >= 0.3 is 0 Å². The molecule has 8 heteroatoms. The number of aliphatic imine (C=N–C) groups is 1. The van der Waals surface area contributed by atoms with Crippen molar-refractivity contribution in [2.45, 2.75) is 32.4 Å². The highest BCUT2D eigenvalue weighted by Gasteiger charge is 2.25. The lowest BCUT2D eigenvalue weighted by Gasteiger charge is -2.22. The third kappa shape index (κ3) is 7.09. The lowest BCUT2D eigenvalue weighted by molar-refractivity contribution is -0.131. The van der Waals surface area contributed by atoms with Crippen LogP contribution in [0.3, 0.4) is 0 Å². The third-order valence-electron chi connectivity index (χ3n) is 5.63. The Kier molecular flexibility index (Phi) is 10.9. The van der Waals surface area contributed by atoms with Crippen LogP contribution in [0.5, 0.6) is 0 Å². The van der Waals surface area contributed by atoms with Crippen LogP contribution in [-0.4, -0.2) is 75.3 Å². The van der Waals surface area contributed by atoms with Gasteiger partial charge in [0.25, 0.3) is 0 Å². The Morgan fingerprint density at radius 3 is 2.60 bits per heavy atom. The van der Waals surface area contributed by atoms with Crippen LogP contribution in [0.1, 0.15) is 30.4 Å². The summed E-state index contributed by atoms with van der Waals surface area (Å²) in [5, 5.41) is 3.42. The molecule has 1 N–H and O–H groups in total. The molecule has 1 fully saturated rings. The number of nitrogens with one attached hydrogen (secondary N) is 1. The minimum atomic E-state index is 0. The number of rotatable bonds is 9. The number of carbonyl (C=O) groups is 1. The summed E-state index contributed by atoms with van der Waals surface area (Å²) in [4.78, 5) is 21.2. The van der Waals surface area contributed by atoms with Gasteiger partial charge < -0.3 is 24.6 Å². The van der Waals surface area contributed by atoms with Gasteiger partial charge in [-0.15, -0.1) is 24.0 Å². The summed E-state index contributed by atoms with van der Waals surface area (Å²) in [6.07, 6.45) is 2.48. The number of ether oxygens (including phenoxy) is 2. The van der Waals surface area contributed by atoms with E-state index in [2.05, 4.69) is 27.3 Å². The van der Waals surface area contributed by atoms with Gasteiger partial charge in [-0.25, -0.2) is 0 Å². The van der Waals surface area contributed by atoms with Crippen molar-refractivity contribution in [3.8, 4) is 0 Å². The Morgan fingerprint density at radius 2 is 1.93 bits per heavy atom. The first kappa shape index (κ1) is 24.9. The Bertz CT molecular complexity index is 676. The number of methoxy groups -OCH3 is 1. The van der Waals surface area contributed by atoms with Crippen LogP contribution in [0.2, 0.25) is 0 Å². The van der Waals surface area contributed by atoms with E-state index in [0.29, 0.717) is 25.6 Å². The van der Waals surface area contributed by atoms with Crippen LogP contribution in [0, 0.1) is 5.92 Å². The largest absolute Gasteiger partial charge is 0.382 e. The minimum Gasteiger partial charge on any atom is -0.382 e. The van der Waals surface area contributed by atoms with Crippen LogP contribution < -0.4 is 5.32 Å². The fourth-order valence-electron chi connectivity index (χ4n) is 3.99. The zero-order chi connectivity index (χ0) is 20.5. The molecule has 0 spiro atoms. The van der Waals surface area contributed by atoms with Gasteiger partial charge in [0.1, 0.15) is 0 Å². The first-order valence-electron chi connectivity index (χ1n) is 10.6. The monoisotopic (exact) mass is 530 g/mol. The molecule has 1 saturated heterocycles. The van der Waals surface area contributed by atoms with Gasteiger partial charge in [-0.2, -0.15) is 0 Å². The van der Waals surface area contributed by atoms with Crippen molar-refractivity contribution in [3.63, 3.8) is 0 Å². The quantitative estimate of drug-likeness (QED) is 0.230. The zero-order valence-electron chi connectivity index (χ0n) is 18.1. The van der Waals surface area contributed by atoms with Gasteiger partial charge in [0, 0.05) is 59.2 Å². The van der Waals surface area contributed by atoms with Gasteiger partial charge in [-0.05, 0) is 24.0 Å². The molecular formula is C22H35IN4O3. The van der Waals surface area contributed by atoms with Crippen LogP contribution >= 0.6 is 24.0 Å². The fraction of sp³-hybridized carbons (Fsp3) is 0.636. The fourth-order valence-corrected chi connectivity index (χ4v) is 3.99. The van der Waals surface area contributed by atoms with Crippen molar-refractivity contribution in [1.82, 2.24) is 15.1 Å². The van der Waals surface area contributed by atoms with E-state index in [-0.39, 0.29) is 29.9 Å². The summed E-state index contributed by atoms with van der Waals surface area (Å²) in [6.45, 7) is 6.24. The maximum Gasteiger partial charge on any atom is 0.223 e. The molecule has 1 atom stereocenters. The van der Waals surface area contributed by atoms with E-state index in [1.54, 1.807) is 7.11 Å². The molecule has 1 unspecified atom stereocenters. The number of halogens is 1. The highest BCUT2D eigenvalue weighted by atomic mass is 127. The van der Waals surface area contributed by atoms with Crippen LogP contribution in [0.25, 0.3) is 0 Å². The van der Waals surface area contributed by atoms with Gasteiger partial charge in [0.15, 0.2) is 5.96 Å². The number of amides is 1. The SMILES string of the molecule is CN=C(NCCCC(=O)N1Cc2ccccc2C1)N1CCC(COCCOC)C1.I. The van der Waals surface area contributed by atoms with Gasteiger partial charge in [0.05, 0.1) is 19.8 Å². The Balaban J connectivity index is 0.00000320. The lowest BCUT2D eigenvalue weighted by Crippen LogP contribution is -2.40. The van der Waals surface area contributed by atoms with Crippen LogP contribution in [-0.2, 0) is 27.4 Å².